The minimum Gasteiger partial charge on any atom is -0.497 e. The number of hydrogen-bond donors (Lipinski definition) is 2. The fourth-order valence-electron chi connectivity index (χ4n) is 4.11. The average Bonchev–Trinajstić information content (AvgIpc) is 3.35. The number of nitrogens with one attached hydrogen (secondary N) is 2. The molecule has 0 aliphatic rings. The molecule has 4 aromatic carbocycles. The van der Waals surface area contributed by atoms with E-state index in [0.717, 1.165) is 9.86 Å². The van der Waals surface area contributed by atoms with Gasteiger partial charge < -0.3 is 14.5 Å². The molecule has 200 valence electrons. The molecule has 0 atom stereocenters. The Bertz CT molecular complexity index is 1770. The Morgan fingerprint density at radius 1 is 0.950 bits per heavy atom. The van der Waals surface area contributed by atoms with Gasteiger partial charge in [0.05, 0.1) is 29.4 Å². The molecule has 1 aromatic heterocycles. The van der Waals surface area contributed by atoms with Crippen LogP contribution in [0.25, 0.3) is 22.0 Å². The van der Waals surface area contributed by atoms with Crippen LogP contribution in [0.4, 0.5) is 0 Å². The molecule has 5 aromatic rings. The van der Waals surface area contributed by atoms with Gasteiger partial charge in [-0.15, -0.1) is 0 Å². The number of carbonyl (C=O) groups excluding carboxylic acids is 2. The standard InChI is InChI=1S/C30H20BrCl2N3O4/c1-39-20-12-9-17(10-13-20)30(38)40-25-14-11-19(31)15-18(25)16-34-36-29(37)28-26(21-5-2-3-7-23(21)32)22-6-4-8-24(33)27(22)35-28/h2-16,35H,1H3,(H,36,37). The van der Waals surface area contributed by atoms with Crippen LogP contribution in [0.5, 0.6) is 11.5 Å². The van der Waals surface area contributed by atoms with Gasteiger partial charge in [0.1, 0.15) is 17.2 Å². The van der Waals surface area contributed by atoms with E-state index in [2.05, 4.69) is 31.4 Å². The largest absolute Gasteiger partial charge is 0.497 e. The number of halogens is 3. The quantitative estimate of drug-likeness (QED) is 0.0822. The van der Waals surface area contributed by atoms with Crippen molar-refractivity contribution in [2.75, 3.05) is 7.11 Å². The summed E-state index contributed by atoms with van der Waals surface area (Å²) < 4.78 is 11.5. The Labute approximate surface area is 247 Å². The molecule has 5 rings (SSSR count). The van der Waals surface area contributed by atoms with Crippen LogP contribution in [0.15, 0.2) is 94.5 Å². The predicted molar refractivity (Wildman–Crippen MR) is 161 cm³/mol. The van der Waals surface area contributed by atoms with E-state index in [-0.39, 0.29) is 11.4 Å². The second-order valence-corrected chi connectivity index (χ2v) is 10.2. The van der Waals surface area contributed by atoms with Gasteiger partial charge in [-0.2, -0.15) is 5.10 Å². The Morgan fingerprint density at radius 2 is 1.70 bits per heavy atom. The number of carbonyl (C=O) groups is 2. The number of nitrogens with zero attached hydrogens (tertiary/aromatic N) is 1. The van der Waals surface area contributed by atoms with E-state index in [1.165, 1.54) is 6.21 Å². The van der Waals surface area contributed by atoms with Crippen molar-refractivity contribution in [1.29, 1.82) is 0 Å². The zero-order valence-electron chi connectivity index (χ0n) is 20.9. The Hall–Kier alpha value is -4.11. The maximum absolute atomic E-state index is 13.3. The van der Waals surface area contributed by atoms with E-state index in [1.54, 1.807) is 67.8 Å². The smallest absolute Gasteiger partial charge is 0.343 e. The van der Waals surface area contributed by atoms with Gasteiger partial charge in [-0.3, -0.25) is 4.79 Å². The van der Waals surface area contributed by atoms with Crippen LogP contribution in [0.1, 0.15) is 26.4 Å². The number of methoxy groups -OCH3 is 1. The topological polar surface area (TPSA) is 92.8 Å². The Morgan fingerprint density at radius 3 is 2.45 bits per heavy atom. The maximum atomic E-state index is 13.3. The van der Waals surface area contributed by atoms with Crippen molar-refractivity contribution in [3.05, 3.63) is 116 Å². The number of para-hydroxylation sites is 1. The molecule has 2 N–H and O–H groups in total. The molecule has 0 aliphatic heterocycles. The lowest BCUT2D eigenvalue weighted by Gasteiger charge is -2.09. The van der Waals surface area contributed by atoms with Gasteiger partial charge >= 0.3 is 5.97 Å². The number of hydrazone groups is 1. The summed E-state index contributed by atoms with van der Waals surface area (Å²) in [5.41, 5.74) is 5.48. The maximum Gasteiger partial charge on any atom is 0.343 e. The number of amides is 1. The lowest BCUT2D eigenvalue weighted by molar-refractivity contribution is 0.0734. The van der Waals surface area contributed by atoms with Gasteiger partial charge in [0.25, 0.3) is 5.91 Å². The summed E-state index contributed by atoms with van der Waals surface area (Å²) in [6.45, 7) is 0. The number of esters is 1. The minimum atomic E-state index is -0.553. The summed E-state index contributed by atoms with van der Waals surface area (Å²) in [7, 11) is 1.55. The summed E-state index contributed by atoms with van der Waals surface area (Å²) in [6, 6.07) is 24.3. The monoisotopic (exact) mass is 635 g/mol. The van der Waals surface area contributed by atoms with Crippen LogP contribution in [0.2, 0.25) is 10.0 Å². The first-order valence-corrected chi connectivity index (χ1v) is 13.4. The molecule has 40 heavy (non-hydrogen) atoms. The number of fused-ring (bicyclic) bond motifs is 1. The van der Waals surface area contributed by atoms with Crippen molar-refractivity contribution in [2.24, 2.45) is 5.10 Å². The van der Waals surface area contributed by atoms with E-state index in [1.807, 2.05) is 24.3 Å². The van der Waals surface area contributed by atoms with Crippen LogP contribution < -0.4 is 14.9 Å². The van der Waals surface area contributed by atoms with Gasteiger partial charge in [-0.1, -0.05) is 69.5 Å². The van der Waals surface area contributed by atoms with Crippen LogP contribution in [0.3, 0.4) is 0 Å². The van der Waals surface area contributed by atoms with Gasteiger partial charge in [0.2, 0.25) is 0 Å². The highest BCUT2D eigenvalue weighted by molar-refractivity contribution is 9.10. The van der Waals surface area contributed by atoms with Crippen molar-refractivity contribution in [3.63, 3.8) is 0 Å². The molecule has 0 saturated carbocycles. The number of H-pyrrole nitrogens is 1. The van der Waals surface area contributed by atoms with Crippen molar-refractivity contribution in [2.45, 2.75) is 0 Å². The van der Waals surface area contributed by atoms with Gasteiger partial charge in [-0.25, -0.2) is 10.2 Å². The number of aromatic amines is 1. The molecule has 0 unspecified atom stereocenters. The molecule has 0 aliphatic carbocycles. The van der Waals surface area contributed by atoms with Gasteiger partial charge in [0, 0.05) is 31.6 Å². The first-order valence-electron chi connectivity index (χ1n) is 11.9. The van der Waals surface area contributed by atoms with Crippen molar-refractivity contribution in [1.82, 2.24) is 10.4 Å². The first-order chi connectivity index (χ1) is 19.4. The van der Waals surface area contributed by atoms with E-state index in [0.29, 0.717) is 43.6 Å². The van der Waals surface area contributed by atoms with E-state index < -0.39 is 11.9 Å². The summed E-state index contributed by atoms with van der Waals surface area (Å²) in [6.07, 6.45) is 1.39. The fourth-order valence-corrected chi connectivity index (χ4v) is 4.94. The zero-order valence-corrected chi connectivity index (χ0v) is 24.0. The van der Waals surface area contributed by atoms with E-state index >= 15 is 0 Å². The second-order valence-electron chi connectivity index (χ2n) is 8.52. The Kier molecular flexibility index (Phi) is 8.21. The lowest BCUT2D eigenvalue weighted by Crippen LogP contribution is -2.19. The number of aromatic nitrogens is 1. The fraction of sp³-hybridized carbons (Fsp3) is 0.0333. The molecule has 7 nitrogen and oxygen atoms in total. The summed E-state index contributed by atoms with van der Waals surface area (Å²) in [4.78, 5) is 29.2. The molecule has 0 bridgehead atoms. The highest BCUT2D eigenvalue weighted by atomic mass is 79.9. The van der Waals surface area contributed by atoms with Crippen LogP contribution in [-0.4, -0.2) is 30.2 Å². The average molecular weight is 637 g/mol. The van der Waals surface area contributed by atoms with Crippen LogP contribution in [-0.2, 0) is 0 Å². The number of ether oxygens (including phenoxy) is 2. The molecule has 1 heterocycles. The summed E-state index contributed by atoms with van der Waals surface area (Å²) >= 11 is 16.3. The molecule has 0 saturated heterocycles. The van der Waals surface area contributed by atoms with Crippen molar-refractivity contribution < 1.29 is 19.1 Å². The molecular formula is C30H20BrCl2N3O4. The second kappa shape index (κ2) is 12.0. The number of benzene rings is 4. The van der Waals surface area contributed by atoms with Gasteiger partial charge in [-0.05, 0) is 54.6 Å². The van der Waals surface area contributed by atoms with E-state index in [4.69, 9.17) is 32.7 Å². The molecular weight excluding hydrogens is 617 g/mol. The first kappa shape index (κ1) is 27.5. The molecule has 1 amide bonds. The van der Waals surface area contributed by atoms with Crippen molar-refractivity contribution >= 4 is 68.1 Å². The normalized spacial score (nSPS) is 11.1. The predicted octanol–water partition coefficient (Wildman–Crippen LogP) is 7.90. The molecule has 0 radical (unpaired) electrons. The minimum absolute atomic E-state index is 0.244. The third kappa shape index (κ3) is 5.74. The third-order valence-electron chi connectivity index (χ3n) is 6.02. The third-order valence-corrected chi connectivity index (χ3v) is 7.16. The SMILES string of the molecule is COc1ccc(C(=O)Oc2ccc(Br)cc2C=NNC(=O)c2[nH]c3c(Cl)cccc3c2-c2ccccc2Cl)cc1. The van der Waals surface area contributed by atoms with Crippen LogP contribution >= 0.6 is 39.1 Å². The van der Waals surface area contributed by atoms with E-state index in [9.17, 15) is 9.59 Å². The molecule has 0 fully saturated rings. The number of rotatable bonds is 7. The number of hydrogen-bond acceptors (Lipinski definition) is 5. The zero-order chi connectivity index (χ0) is 28.2. The highest BCUT2D eigenvalue weighted by Crippen LogP contribution is 2.38. The molecule has 0 spiro atoms. The Balaban J connectivity index is 1.42. The van der Waals surface area contributed by atoms with Gasteiger partial charge in [0.15, 0.2) is 0 Å². The lowest BCUT2D eigenvalue weighted by atomic mass is 10.0. The molecule has 10 heteroatoms. The summed E-state index contributed by atoms with van der Waals surface area (Å²) in [5, 5.41) is 5.83. The highest BCUT2D eigenvalue weighted by Gasteiger charge is 2.22. The van der Waals surface area contributed by atoms with Crippen LogP contribution in [0, 0.1) is 0 Å². The van der Waals surface area contributed by atoms with Crippen molar-refractivity contribution in [3.8, 4) is 22.6 Å². The summed E-state index contributed by atoms with van der Waals surface area (Å²) in [5.74, 6) is -0.178.